The monoisotopic (exact) mass is 868 g/mol. The van der Waals surface area contributed by atoms with E-state index in [4.69, 9.17) is 0 Å². The Hall–Kier alpha value is -0.640. The highest BCUT2D eigenvalue weighted by Crippen LogP contribution is 2.34. The van der Waals surface area contributed by atoms with Gasteiger partial charge in [-0.3, -0.25) is 4.79 Å². The van der Waals surface area contributed by atoms with Crippen molar-refractivity contribution in [2.24, 2.45) is 5.92 Å². The molecule has 1 aliphatic rings. The molecule has 1 amide bonds. The second kappa shape index (κ2) is 42.3. The fourth-order valence-corrected chi connectivity index (χ4v) is 10.4. The minimum absolute atomic E-state index is 0.0647. The number of hydrogen-bond donors (Lipinski definition) is 6. The van der Waals surface area contributed by atoms with Crippen LogP contribution in [0.25, 0.3) is 0 Å². The zero-order valence-electron chi connectivity index (χ0n) is 39.5. The lowest BCUT2D eigenvalue weighted by atomic mass is 9.83. The van der Waals surface area contributed by atoms with Crippen LogP contribution in [-0.2, 0) is 4.79 Å². The molecular weight excluding hydrogens is 767 g/mol. The highest BCUT2D eigenvalue weighted by atomic mass is 32.2. The number of carbonyl (C=O) groups excluding carboxylic acids is 1. The van der Waals surface area contributed by atoms with Crippen LogP contribution in [0.2, 0.25) is 0 Å². The predicted molar refractivity (Wildman–Crippen MR) is 259 cm³/mol. The normalized spacial score (nSPS) is 20.6. The number of amides is 1. The maximum absolute atomic E-state index is 13.1. The number of rotatable bonds is 44. The molecule has 0 spiro atoms. The molecule has 60 heavy (non-hydrogen) atoms. The van der Waals surface area contributed by atoms with E-state index >= 15 is 0 Å². The lowest BCUT2D eigenvalue weighted by Gasteiger charge is -2.40. The Bertz CT molecular complexity index is 951. The van der Waals surface area contributed by atoms with Gasteiger partial charge in [-0.1, -0.05) is 238 Å². The van der Waals surface area contributed by atoms with Crippen molar-refractivity contribution in [2.45, 2.75) is 294 Å². The fraction of sp³-hybridized carbons (Fsp3) is 0.942. The maximum Gasteiger partial charge on any atom is 0.220 e. The van der Waals surface area contributed by atoms with Crippen molar-refractivity contribution in [3.05, 3.63) is 12.2 Å². The molecule has 0 saturated heterocycles. The van der Waals surface area contributed by atoms with E-state index in [1.165, 1.54) is 211 Å². The summed E-state index contributed by atoms with van der Waals surface area (Å²) in [5.74, 6) is -0.226. The van der Waals surface area contributed by atoms with E-state index in [0.717, 1.165) is 32.1 Å². The average Bonchev–Trinajstić information content (AvgIpc) is 3.25. The minimum atomic E-state index is -1.33. The van der Waals surface area contributed by atoms with Crippen molar-refractivity contribution in [3.8, 4) is 0 Å². The van der Waals surface area contributed by atoms with E-state index in [2.05, 4.69) is 19.2 Å². The van der Waals surface area contributed by atoms with Crippen LogP contribution in [0.15, 0.2) is 12.2 Å². The molecule has 7 atom stereocenters. The number of unbranched alkanes of at least 4 members (excludes halogenated alkanes) is 34. The average molecular weight is 868 g/mol. The highest BCUT2D eigenvalue weighted by Gasteiger charge is 2.42. The van der Waals surface area contributed by atoms with Crippen LogP contribution in [0.1, 0.15) is 258 Å². The molecule has 0 heterocycles. The molecule has 1 rings (SSSR count). The lowest BCUT2D eigenvalue weighted by Crippen LogP contribution is -2.54. The van der Waals surface area contributed by atoms with Gasteiger partial charge in [0.05, 0.1) is 24.4 Å². The van der Waals surface area contributed by atoms with Gasteiger partial charge in [0, 0.05) is 29.9 Å². The number of allylic oxidation sites excluding steroid dienone is 1. The second-order valence-electron chi connectivity index (χ2n) is 18.8. The van der Waals surface area contributed by atoms with Crippen LogP contribution in [0.3, 0.4) is 0 Å². The summed E-state index contributed by atoms with van der Waals surface area (Å²) < 4.78 is 0. The molecule has 0 bridgehead atoms. The van der Waals surface area contributed by atoms with Gasteiger partial charge in [0.2, 0.25) is 5.91 Å². The van der Waals surface area contributed by atoms with Gasteiger partial charge in [0.25, 0.3) is 0 Å². The summed E-state index contributed by atoms with van der Waals surface area (Å²) in [5.41, 5.74) is 0. The van der Waals surface area contributed by atoms with Gasteiger partial charge in [0.15, 0.2) is 0 Å². The first-order valence-corrected chi connectivity index (χ1v) is 27.3. The van der Waals surface area contributed by atoms with E-state index < -0.39 is 41.6 Å². The largest absolute Gasteiger partial charge is 0.396 e. The first-order valence-electron chi connectivity index (χ1n) is 26.3. The van der Waals surface area contributed by atoms with Crippen LogP contribution in [-0.4, -0.2) is 79.5 Å². The topological polar surface area (TPSA) is 130 Å². The van der Waals surface area contributed by atoms with E-state index in [9.17, 15) is 30.3 Å². The van der Waals surface area contributed by atoms with E-state index in [-0.39, 0.29) is 12.5 Å². The lowest BCUT2D eigenvalue weighted by molar-refractivity contribution is -0.122. The third kappa shape index (κ3) is 32.1. The predicted octanol–water partition coefficient (Wildman–Crippen LogP) is 13.1. The number of carbonyl (C=O) groups is 1. The molecule has 7 nitrogen and oxygen atoms in total. The SMILES string of the molecule is CCCCCCCCCCCCC/C=C/[C@@H](O)[C@H](CS[C@H]1C[C@H](CO)[C@H](O)[C@H](O)[C@H]1O)NC(=O)CCCCCCCCCCCCCCCCCCCCCCCCCC. The van der Waals surface area contributed by atoms with Gasteiger partial charge in [-0.05, 0) is 25.7 Å². The summed E-state index contributed by atoms with van der Waals surface area (Å²) >= 11 is 1.38. The summed E-state index contributed by atoms with van der Waals surface area (Å²) in [7, 11) is 0. The van der Waals surface area contributed by atoms with Crippen molar-refractivity contribution in [2.75, 3.05) is 12.4 Å². The summed E-state index contributed by atoms with van der Waals surface area (Å²) in [5, 5.41) is 54.8. The molecule has 8 heteroatoms. The number of hydrogen-bond acceptors (Lipinski definition) is 7. The number of nitrogens with one attached hydrogen (secondary N) is 1. The Kier molecular flexibility index (Phi) is 40.5. The molecular formula is C52H101NO6S. The molecule has 1 saturated carbocycles. The number of aliphatic hydroxyl groups excluding tert-OH is 5. The quantitative estimate of drug-likeness (QED) is 0.0266. The minimum Gasteiger partial charge on any atom is -0.396 e. The fourth-order valence-electron chi connectivity index (χ4n) is 8.90. The van der Waals surface area contributed by atoms with Crippen LogP contribution in [0.5, 0.6) is 0 Å². The molecule has 0 aromatic carbocycles. The maximum atomic E-state index is 13.1. The molecule has 0 unspecified atom stereocenters. The van der Waals surface area contributed by atoms with Gasteiger partial charge in [-0.2, -0.15) is 11.8 Å². The van der Waals surface area contributed by atoms with Crippen LogP contribution >= 0.6 is 11.8 Å². The van der Waals surface area contributed by atoms with Crippen LogP contribution < -0.4 is 5.32 Å². The number of aliphatic hydroxyl groups is 5. The third-order valence-corrected chi connectivity index (χ3v) is 14.6. The molecule has 356 valence electrons. The molecule has 1 aliphatic carbocycles. The van der Waals surface area contributed by atoms with Crippen molar-refractivity contribution in [1.82, 2.24) is 5.32 Å². The van der Waals surface area contributed by atoms with E-state index in [1.54, 1.807) is 6.08 Å². The summed E-state index contributed by atoms with van der Waals surface area (Å²) in [6.45, 7) is 4.28. The molecule has 6 N–H and O–H groups in total. The number of thioether (sulfide) groups is 1. The summed E-state index contributed by atoms with van der Waals surface area (Å²) in [4.78, 5) is 13.1. The molecule has 0 radical (unpaired) electrons. The van der Waals surface area contributed by atoms with Crippen molar-refractivity contribution < 1.29 is 30.3 Å². The van der Waals surface area contributed by atoms with Crippen molar-refractivity contribution in [1.29, 1.82) is 0 Å². The second-order valence-corrected chi connectivity index (χ2v) is 20.1. The van der Waals surface area contributed by atoms with Gasteiger partial charge in [0.1, 0.15) is 6.10 Å². The van der Waals surface area contributed by atoms with Crippen LogP contribution in [0.4, 0.5) is 0 Å². The van der Waals surface area contributed by atoms with Gasteiger partial charge >= 0.3 is 0 Å². The molecule has 0 aromatic heterocycles. The zero-order valence-corrected chi connectivity index (χ0v) is 40.3. The summed E-state index contributed by atoms with van der Waals surface area (Å²) in [6, 6.07) is -0.533. The Morgan fingerprint density at radius 2 is 0.917 bits per heavy atom. The Balaban J connectivity index is 2.22. The van der Waals surface area contributed by atoms with Crippen molar-refractivity contribution in [3.63, 3.8) is 0 Å². The zero-order chi connectivity index (χ0) is 43.7. The third-order valence-electron chi connectivity index (χ3n) is 13.1. The van der Waals surface area contributed by atoms with Crippen LogP contribution in [0, 0.1) is 5.92 Å². The smallest absolute Gasteiger partial charge is 0.220 e. The Morgan fingerprint density at radius 3 is 1.30 bits per heavy atom. The highest BCUT2D eigenvalue weighted by molar-refractivity contribution is 8.00. The molecule has 0 aromatic rings. The van der Waals surface area contributed by atoms with Gasteiger partial charge < -0.3 is 30.8 Å². The van der Waals surface area contributed by atoms with E-state index in [0.29, 0.717) is 18.6 Å². The van der Waals surface area contributed by atoms with Gasteiger partial charge in [-0.15, -0.1) is 0 Å². The Labute approximate surface area is 375 Å². The van der Waals surface area contributed by atoms with Crippen molar-refractivity contribution >= 4 is 17.7 Å². The van der Waals surface area contributed by atoms with E-state index in [1.807, 2.05) is 6.08 Å². The standard InChI is InChI=1S/C52H101NO6S/c1-3-5-7-9-11-13-15-17-18-19-20-21-22-23-24-25-26-27-29-31-33-35-37-39-41-49(56)53-46(44-60-48-42-45(43-54)50(57)52(59)51(48)58)47(55)40-38-36-34-32-30-28-16-14-12-10-8-6-4-2/h38,40,45-48,50-52,54-55,57-59H,3-37,39,41-44H2,1-2H3,(H,53,56)/b40-38+/t45-,46+,47-,48+,50+,51+,52+/m1/s1. The first-order chi connectivity index (χ1) is 29.3. The Morgan fingerprint density at radius 1 is 0.550 bits per heavy atom. The molecule has 0 aliphatic heterocycles. The first kappa shape index (κ1) is 57.4. The molecule has 1 fully saturated rings. The summed E-state index contributed by atoms with van der Waals surface area (Å²) in [6.07, 6.45) is 47.5. The van der Waals surface area contributed by atoms with Gasteiger partial charge in [-0.25, -0.2) is 0 Å².